The number of hydrogen-bond acceptors (Lipinski definition) is 2. The van der Waals surface area contributed by atoms with Crippen LogP contribution in [0, 0.1) is 17.6 Å². The Kier molecular flexibility index (Phi) is 6.04. The molecule has 1 aliphatic carbocycles. The van der Waals surface area contributed by atoms with Gasteiger partial charge in [-0.05, 0) is 73.6 Å². The van der Waals surface area contributed by atoms with Crippen LogP contribution in [-0.2, 0) is 12.0 Å². The van der Waals surface area contributed by atoms with Crippen LogP contribution in [0.1, 0.15) is 74.8 Å². The van der Waals surface area contributed by atoms with Crippen LogP contribution in [0.4, 0.5) is 8.78 Å². The molecule has 2 aromatic carbocycles. The van der Waals surface area contributed by atoms with E-state index in [1.54, 1.807) is 11.9 Å². The molecule has 4 rings (SSSR count). The summed E-state index contributed by atoms with van der Waals surface area (Å²) in [5.41, 5.74) is 2.19. The second kappa shape index (κ2) is 8.39. The van der Waals surface area contributed by atoms with E-state index in [2.05, 4.69) is 49.3 Å². The molecule has 0 amide bonds. The fourth-order valence-electron chi connectivity index (χ4n) is 5.20. The summed E-state index contributed by atoms with van der Waals surface area (Å²) < 4.78 is 32.4. The van der Waals surface area contributed by atoms with Gasteiger partial charge in [0.2, 0.25) is 0 Å². The summed E-state index contributed by atoms with van der Waals surface area (Å²) in [4.78, 5) is 0. The van der Waals surface area contributed by atoms with Crippen LogP contribution < -0.4 is 0 Å². The summed E-state index contributed by atoms with van der Waals surface area (Å²) in [5.74, 6) is 0.102. The average Bonchev–Trinajstić information content (AvgIpc) is 2.70. The number of hydrogen-bond donors (Lipinski definition) is 0. The molecule has 0 bridgehead atoms. The molecule has 0 N–H and O–H groups in total. The monoisotopic (exact) mass is 415 g/mol. The molecule has 29 heavy (non-hydrogen) atoms. The molecule has 2 aromatic rings. The fraction of sp³-hybridized carbons (Fsp3) is 0.520. The highest BCUT2D eigenvalue weighted by atomic mass is 32.2. The van der Waals surface area contributed by atoms with E-state index >= 15 is 8.78 Å². The van der Waals surface area contributed by atoms with Crippen molar-refractivity contribution in [1.82, 2.24) is 4.31 Å². The van der Waals surface area contributed by atoms with Crippen molar-refractivity contribution in [2.45, 2.75) is 76.1 Å². The third-order valence-corrected chi connectivity index (χ3v) is 8.48. The summed E-state index contributed by atoms with van der Waals surface area (Å²) >= 11 is 1.78. The van der Waals surface area contributed by atoms with Gasteiger partial charge in [0.25, 0.3) is 0 Å². The number of benzene rings is 2. The van der Waals surface area contributed by atoms with Crippen molar-refractivity contribution in [1.29, 1.82) is 0 Å². The molecule has 1 heterocycles. The van der Waals surface area contributed by atoms with Crippen molar-refractivity contribution in [3.8, 4) is 0 Å². The predicted molar refractivity (Wildman–Crippen MR) is 118 cm³/mol. The Morgan fingerprint density at radius 3 is 2.41 bits per heavy atom. The van der Waals surface area contributed by atoms with E-state index in [4.69, 9.17) is 0 Å². The van der Waals surface area contributed by atoms with E-state index in [9.17, 15) is 0 Å². The maximum absolute atomic E-state index is 15.1. The smallest absolute Gasteiger partial charge is 0.128 e. The highest BCUT2D eigenvalue weighted by Crippen LogP contribution is 2.51. The van der Waals surface area contributed by atoms with Gasteiger partial charge in [-0.15, -0.1) is 0 Å². The molecule has 2 aliphatic rings. The van der Waals surface area contributed by atoms with Crippen LogP contribution in [0.2, 0.25) is 0 Å². The van der Waals surface area contributed by atoms with Crippen LogP contribution in [-0.4, -0.2) is 10.3 Å². The van der Waals surface area contributed by atoms with Crippen molar-refractivity contribution in [3.63, 3.8) is 0 Å². The summed E-state index contributed by atoms with van der Waals surface area (Å²) in [5, 5.41) is 0.374. The number of nitrogens with zero attached hydrogens (tertiary/aromatic N) is 1. The lowest BCUT2D eigenvalue weighted by atomic mass is 9.58. The molecule has 4 heteroatoms. The van der Waals surface area contributed by atoms with Crippen molar-refractivity contribution >= 4 is 11.9 Å². The third kappa shape index (κ3) is 4.11. The molecule has 1 unspecified atom stereocenters. The van der Waals surface area contributed by atoms with Gasteiger partial charge in [0.15, 0.2) is 0 Å². The molecule has 1 saturated heterocycles. The van der Waals surface area contributed by atoms with Crippen LogP contribution in [0.15, 0.2) is 42.5 Å². The van der Waals surface area contributed by atoms with Gasteiger partial charge in [-0.2, -0.15) is 0 Å². The van der Waals surface area contributed by atoms with E-state index < -0.39 is 0 Å². The number of halogens is 2. The SMILES string of the molecule is CCC1(c2cc(F)c(CN3SC(c4ccccc4)CC[C@@H]3C)cc2F)CC(C)C1. The molecule has 156 valence electrons. The highest BCUT2D eigenvalue weighted by molar-refractivity contribution is 7.97. The van der Waals surface area contributed by atoms with E-state index in [1.807, 2.05) is 6.07 Å². The quantitative estimate of drug-likeness (QED) is 0.468. The van der Waals surface area contributed by atoms with Gasteiger partial charge in [0.05, 0.1) is 0 Å². The van der Waals surface area contributed by atoms with Gasteiger partial charge in [-0.25, -0.2) is 13.1 Å². The standard InChI is InChI=1S/C25H31F2NS/c1-4-25(14-17(2)15-25)21-13-22(26)20(12-23(21)27)16-28-18(3)10-11-24(29-28)19-8-6-5-7-9-19/h5-9,12-13,17-18,24H,4,10-11,14-16H2,1-3H3/t17?,18-,24?,25?/m0/s1. The van der Waals surface area contributed by atoms with Crippen molar-refractivity contribution in [2.24, 2.45) is 5.92 Å². The molecule has 2 fully saturated rings. The normalized spacial score (nSPS) is 30.2. The zero-order chi connectivity index (χ0) is 20.6. The van der Waals surface area contributed by atoms with Crippen molar-refractivity contribution in [3.05, 3.63) is 70.8 Å². The molecular weight excluding hydrogens is 384 g/mol. The fourth-order valence-corrected chi connectivity index (χ4v) is 6.58. The van der Waals surface area contributed by atoms with Gasteiger partial charge in [0, 0.05) is 23.4 Å². The highest BCUT2D eigenvalue weighted by Gasteiger charge is 2.44. The Balaban J connectivity index is 1.53. The Morgan fingerprint density at radius 1 is 1.03 bits per heavy atom. The first-order valence-corrected chi connectivity index (χ1v) is 11.7. The Hall–Kier alpha value is -1.39. The van der Waals surface area contributed by atoms with E-state index in [0.29, 0.717) is 34.9 Å². The summed E-state index contributed by atoms with van der Waals surface area (Å²) in [7, 11) is 0. The second-order valence-corrected chi connectivity index (χ2v) is 10.3. The van der Waals surface area contributed by atoms with Gasteiger partial charge in [0.1, 0.15) is 11.6 Å². The molecule has 2 atom stereocenters. The van der Waals surface area contributed by atoms with Crippen LogP contribution in [0.3, 0.4) is 0 Å². The maximum atomic E-state index is 15.1. The van der Waals surface area contributed by atoms with Crippen LogP contribution >= 0.6 is 11.9 Å². The lowest BCUT2D eigenvalue weighted by molar-refractivity contribution is 0.145. The first-order valence-electron chi connectivity index (χ1n) is 10.9. The van der Waals surface area contributed by atoms with Crippen molar-refractivity contribution < 1.29 is 8.78 Å². The molecular formula is C25H31F2NS. The zero-order valence-corrected chi connectivity index (χ0v) is 18.4. The van der Waals surface area contributed by atoms with Crippen LogP contribution in [0.5, 0.6) is 0 Å². The molecule has 0 aromatic heterocycles. The zero-order valence-electron chi connectivity index (χ0n) is 17.6. The summed E-state index contributed by atoms with van der Waals surface area (Å²) in [6.45, 7) is 6.90. The molecule has 1 aliphatic heterocycles. The minimum Gasteiger partial charge on any atom is -0.243 e. The third-order valence-electron chi connectivity index (χ3n) is 6.96. The van der Waals surface area contributed by atoms with Crippen LogP contribution in [0.25, 0.3) is 0 Å². The topological polar surface area (TPSA) is 3.24 Å². The lowest BCUT2D eigenvalue weighted by Gasteiger charge is -2.47. The second-order valence-electron chi connectivity index (χ2n) is 9.08. The van der Waals surface area contributed by atoms with Crippen molar-refractivity contribution in [2.75, 3.05) is 0 Å². The maximum Gasteiger partial charge on any atom is 0.128 e. The van der Waals surface area contributed by atoms with Gasteiger partial charge in [-0.3, -0.25) is 0 Å². The van der Waals surface area contributed by atoms with E-state index in [0.717, 1.165) is 32.1 Å². The molecule has 0 radical (unpaired) electrons. The minimum atomic E-state index is -0.261. The first kappa shape index (κ1) is 20.9. The summed E-state index contributed by atoms with van der Waals surface area (Å²) in [6.07, 6.45) is 4.95. The van der Waals surface area contributed by atoms with Gasteiger partial charge in [-0.1, -0.05) is 56.1 Å². The number of rotatable bonds is 5. The van der Waals surface area contributed by atoms with E-state index in [-0.39, 0.29) is 17.0 Å². The lowest BCUT2D eigenvalue weighted by Crippen LogP contribution is -2.40. The van der Waals surface area contributed by atoms with Gasteiger partial charge >= 0.3 is 0 Å². The molecule has 0 spiro atoms. The Bertz CT molecular complexity index is 847. The molecule has 1 nitrogen and oxygen atoms in total. The minimum absolute atomic E-state index is 0.172. The van der Waals surface area contributed by atoms with E-state index in [1.165, 1.54) is 17.7 Å². The van der Waals surface area contributed by atoms with Gasteiger partial charge < -0.3 is 0 Å². The average molecular weight is 416 g/mol. The Morgan fingerprint density at radius 2 is 1.76 bits per heavy atom. The largest absolute Gasteiger partial charge is 0.243 e. The molecule has 1 saturated carbocycles. The first-order chi connectivity index (χ1) is 13.9. The predicted octanol–water partition coefficient (Wildman–Crippen LogP) is 7.42. The Labute approximate surface area is 178 Å². The summed E-state index contributed by atoms with van der Waals surface area (Å²) in [6, 6.07) is 13.8.